The minimum absolute atomic E-state index is 0.309. The van der Waals surface area contributed by atoms with Gasteiger partial charge in [-0.2, -0.15) is 0 Å². The van der Waals surface area contributed by atoms with Gasteiger partial charge in [-0.05, 0) is 34.5 Å². The third-order valence-electron chi connectivity index (χ3n) is 1.79. The molecule has 82 valence electrons. The molecule has 0 saturated carbocycles. The van der Waals surface area contributed by atoms with Crippen molar-refractivity contribution in [3.63, 3.8) is 0 Å². The molecule has 0 spiro atoms. The molecule has 0 unspecified atom stereocenters. The van der Waals surface area contributed by atoms with Gasteiger partial charge in [-0.3, -0.25) is 0 Å². The molecule has 0 atom stereocenters. The zero-order valence-corrected chi connectivity index (χ0v) is 10.6. The second kappa shape index (κ2) is 5.37. The second-order valence-electron chi connectivity index (χ2n) is 2.96. The van der Waals surface area contributed by atoms with Gasteiger partial charge in [0.05, 0.1) is 27.4 Å². The molecule has 0 aliphatic heterocycles. The smallest absolute Gasteiger partial charge is 0.340 e. The molecular formula is C10H11BrClNO2. The van der Waals surface area contributed by atoms with Gasteiger partial charge >= 0.3 is 5.97 Å². The van der Waals surface area contributed by atoms with E-state index in [0.717, 1.165) is 6.42 Å². The lowest BCUT2D eigenvalue weighted by Crippen LogP contribution is -2.09. The number of anilines is 1. The normalized spacial score (nSPS) is 10.1. The Bertz CT molecular complexity index is 382. The number of hydrogen-bond acceptors (Lipinski definition) is 3. The van der Waals surface area contributed by atoms with Crippen LogP contribution in [0.3, 0.4) is 0 Å². The summed E-state index contributed by atoms with van der Waals surface area (Å²) in [6.45, 7) is 2.31. The summed E-state index contributed by atoms with van der Waals surface area (Å²) in [5.41, 5.74) is 6.37. The molecule has 0 aliphatic carbocycles. The van der Waals surface area contributed by atoms with E-state index in [-0.39, 0.29) is 0 Å². The number of hydrogen-bond donors (Lipinski definition) is 1. The lowest BCUT2D eigenvalue weighted by Gasteiger charge is -2.08. The largest absolute Gasteiger partial charge is 0.462 e. The zero-order chi connectivity index (χ0) is 11.4. The van der Waals surface area contributed by atoms with Gasteiger partial charge in [0.15, 0.2) is 0 Å². The molecule has 1 aromatic rings. The van der Waals surface area contributed by atoms with Crippen LogP contribution in [0.1, 0.15) is 23.7 Å². The van der Waals surface area contributed by atoms with E-state index in [1.807, 2.05) is 6.92 Å². The maximum atomic E-state index is 11.5. The monoisotopic (exact) mass is 291 g/mol. The van der Waals surface area contributed by atoms with Crippen LogP contribution in [0.4, 0.5) is 5.69 Å². The highest BCUT2D eigenvalue weighted by Gasteiger charge is 2.14. The molecule has 0 amide bonds. The van der Waals surface area contributed by atoms with Gasteiger partial charge in [0.1, 0.15) is 0 Å². The summed E-state index contributed by atoms with van der Waals surface area (Å²) in [5.74, 6) is -0.424. The minimum Gasteiger partial charge on any atom is -0.462 e. The predicted molar refractivity (Wildman–Crippen MR) is 64.1 cm³/mol. The van der Waals surface area contributed by atoms with E-state index >= 15 is 0 Å². The van der Waals surface area contributed by atoms with E-state index in [2.05, 4.69) is 15.9 Å². The minimum atomic E-state index is -0.424. The summed E-state index contributed by atoms with van der Waals surface area (Å²) in [4.78, 5) is 11.5. The molecule has 0 saturated heterocycles. The number of halogens is 2. The standard InChI is InChI=1S/C10H11BrClNO2/c1-2-5-15-10(14)6-3-4-7(12)8(11)9(6)13/h3-4H,2,5,13H2,1H3. The molecule has 1 rings (SSSR count). The number of nitrogen functional groups attached to an aromatic ring is 1. The van der Waals surface area contributed by atoms with Crippen LogP contribution in [0, 0.1) is 0 Å². The van der Waals surface area contributed by atoms with Crippen LogP contribution in [-0.4, -0.2) is 12.6 Å². The van der Waals surface area contributed by atoms with Crippen LogP contribution in [-0.2, 0) is 4.74 Å². The highest BCUT2D eigenvalue weighted by molar-refractivity contribution is 9.10. The molecule has 1 aromatic carbocycles. The molecule has 0 heterocycles. The Morgan fingerprint density at radius 3 is 2.87 bits per heavy atom. The van der Waals surface area contributed by atoms with E-state index in [1.165, 1.54) is 0 Å². The fourth-order valence-corrected chi connectivity index (χ4v) is 1.53. The van der Waals surface area contributed by atoms with Crippen molar-refractivity contribution in [2.24, 2.45) is 0 Å². The summed E-state index contributed by atoms with van der Waals surface area (Å²) in [6, 6.07) is 3.16. The van der Waals surface area contributed by atoms with Crippen molar-refractivity contribution in [1.29, 1.82) is 0 Å². The summed E-state index contributed by atoms with van der Waals surface area (Å²) in [5, 5.41) is 0.472. The topological polar surface area (TPSA) is 52.3 Å². The number of nitrogens with two attached hydrogens (primary N) is 1. The first-order chi connectivity index (χ1) is 7.07. The lowest BCUT2D eigenvalue weighted by atomic mass is 10.2. The molecule has 3 nitrogen and oxygen atoms in total. The highest BCUT2D eigenvalue weighted by atomic mass is 79.9. The van der Waals surface area contributed by atoms with Crippen molar-refractivity contribution in [3.05, 3.63) is 27.2 Å². The van der Waals surface area contributed by atoms with Crippen molar-refractivity contribution in [3.8, 4) is 0 Å². The van der Waals surface area contributed by atoms with E-state index in [9.17, 15) is 4.79 Å². The second-order valence-corrected chi connectivity index (χ2v) is 4.16. The lowest BCUT2D eigenvalue weighted by molar-refractivity contribution is 0.0506. The van der Waals surface area contributed by atoms with Crippen LogP contribution in [0.15, 0.2) is 16.6 Å². The van der Waals surface area contributed by atoms with Crippen LogP contribution in [0.5, 0.6) is 0 Å². The van der Waals surface area contributed by atoms with E-state index in [1.54, 1.807) is 12.1 Å². The summed E-state index contributed by atoms with van der Waals surface area (Å²) in [6.07, 6.45) is 0.778. The Labute approximate surface area is 102 Å². The summed E-state index contributed by atoms with van der Waals surface area (Å²) < 4.78 is 5.49. The molecule has 15 heavy (non-hydrogen) atoms. The maximum Gasteiger partial charge on any atom is 0.340 e. The molecule has 0 radical (unpaired) electrons. The third kappa shape index (κ3) is 2.86. The molecule has 0 aliphatic rings. The molecule has 0 fully saturated rings. The van der Waals surface area contributed by atoms with E-state index < -0.39 is 5.97 Å². The van der Waals surface area contributed by atoms with Crippen molar-refractivity contribution in [1.82, 2.24) is 0 Å². The first kappa shape index (κ1) is 12.3. The number of carbonyl (C=O) groups is 1. The number of rotatable bonds is 3. The van der Waals surface area contributed by atoms with Gasteiger partial charge in [0, 0.05) is 0 Å². The Morgan fingerprint density at radius 2 is 2.27 bits per heavy atom. The van der Waals surface area contributed by atoms with E-state index in [0.29, 0.717) is 27.4 Å². The van der Waals surface area contributed by atoms with Crippen LogP contribution < -0.4 is 5.73 Å². The highest BCUT2D eigenvalue weighted by Crippen LogP contribution is 2.31. The van der Waals surface area contributed by atoms with E-state index in [4.69, 9.17) is 22.1 Å². The third-order valence-corrected chi connectivity index (χ3v) is 3.19. The van der Waals surface area contributed by atoms with Crippen molar-refractivity contribution >= 4 is 39.2 Å². The number of esters is 1. The average molecular weight is 293 g/mol. The van der Waals surface area contributed by atoms with Crippen molar-refractivity contribution < 1.29 is 9.53 Å². The molecule has 2 N–H and O–H groups in total. The number of benzene rings is 1. The molecule has 0 bridgehead atoms. The van der Waals surface area contributed by atoms with Gasteiger partial charge in [-0.15, -0.1) is 0 Å². The first-order valence-corrected chi connectivity index (χ1v) is 5.65. The van der Waals surface area contributed by atoms with Crippen molar-refractivity contribution in [2.45, 2.75) is 13.3 Å². The van der Waals surface area contributed by atoms with Crippen molar-refractivity contribution in [2.75, 3.05) is 12.3 Å². The fourth-order valence-electron chi connectivity index (χ4n) is 1.02. The average Bonchev–Trinajstić information content (AvgIpc) is 2.23. The van der Waals surface area contributed by atoms with Crippen LogP contribution >= 0.6 is 27.5 Å². The Kier molecular flexibility index (Phi) is 4.42. The first-order valence-electron chi connectivity index (χ1n) is 4.48. The maximum absolute atomic E-state index is 11.5. The van der Waals surface area contributed by atoms with Gasteiger partial charge in [-0.1, -0.05) is 18.5 Å². The Balaban J connectivity index is 2.95. The summed E-state index contributed by atoms with van der Waals surface area (Å²) >= 11 is 9.02. The summed E-state index contributed by atoms with van der Waals surface area (Å²) in [7, 11) is 0. The number of ether oxygens (including phenoxy) is 1. The quantitative estimate of drug-likeness (QED) is 0.687. The Hall–Kier alpha value is -0.740. The fraction of sp³-hybridized carbons (Fsp3) is 0.300. The number of carbonyl (C=O) groups excluding carboxylic acids is 1. The molecular weight excluding hydrogens is 281 g/mol. The van der Waals surface area contributed by atoms with Crippen LogP contribution in [0.25, 0.3) is 0 Å². The molecule has 5 heteroatoms. The molecule has 0 aromatic heterocycles. The van der Waals surface area contributed by atoms with Gasteiger partial charge in [0.25, 0.3) is 0 Å². The SMILES string of the molecule is CCCOC(=O)c1ccc(Cl)c(Br)c1N. The van der Waals surface area contributed by atoms with Gasteiger partial charge in [0.2, 0.25) is 0 Å². The van der Waals surface area contributed by atoms with Gasteiger partial charge < -0.3 is 10.5 Å². The van der Waals surface area contributed by atoms with Crippen LogP contribution in [0.2, 0.25) is 5.02 Å². The van der Waals surface area contributed by atoms with Gasteiger partial charge in [-0.25, -0.2) is 4.79 Å². The Morgan fingerprint density at radius 1 is 1.60 bits per heavy atom. The zero-order valence-electron chi connectivity index (χ0n) is 8.22. The predicted octanol–water partition coefficient (Wildman–Crippen LogP) is 3.25.